The molecule has 1 unspecified atom stereocenters. The number of hydrogen-bond acceptors (Lipinski definition) is 8. The van der Waals surface area contributed by atoms with Crippen molar-refractivity contribution in [1.82, 2.24) is 15.9 Å². The zero-order valence-electron chi connectivity index (χ0n) is 18.6. The second-order valence-corrected chi connectivity index (χ2v) is 11.9. The van der Waals surface area contributed by atoms with E-state index in [0.717, 1.165) is 40.8 Å². The van der Waals surface area contributed by atoms with Crippen LogP contribution in [0.3, 0.4) is 0 Å². The molecule has 3 rings (SSSR count). The van der Waals surface area contributed by atoms with Crippen molar-refractivity contribution in [2.45, 2.75) is 24.2 Å². The van der Waals surface area contributed by atoms with Crippen LogP contribution in [0.4, 0.5) is 13.2 Å². The van der Waals surface area contributed by atoms with Gasteiger partial charge in [-0.25, -0.2) is 18.1 Å². The number of nitrogens with one attached hydrogen (secondary N) is 1. The molecule has 1 atom stereocenters. The van der Waals surface area contributed by atoms with Crippen molar-refractivity contribution in [1.29, 1.82) is 5.26 Å². The Balaban J connectivity index is 0.00000432. The van der Waals surface area contributed by atoms with Crippen LogP contribution in [0.1, 0.15) is 22.3 Å². The second kappa shape index (κ2) is 10.4. The summed E-state index contributed by atoms with van der Waals surface area (Å²) in [5.74, 6) is -0.710. The minimum Gasteiger partial charge on any atom is -0.768 e. The SMILES string of the molecule is Cc1ccc(-c2ncc(S(=O)(=O)NCP(=O)([O-])Oc3ccc(C#N)c(C(F)(F)F)c3)s2)cc1C.[NH4+]. The molecule has 188 valence electrons. The van der Waals surface area contributed by atoms with Gasteiger partial charge in [0.05, 0.1) is 29.7 Å². The molecule has 35 heavy (non-hydrogen) atoms. The summed E-state index contributed by atoms with van der Waals surface area (Å²) in [4.78, 5) is 16.3. The number of benzene rings is 2. The van der Waals surface area contributed by atoms with Crippen molar-refractivity contribution >= 4 is 29.0 Å². The first-order valence-corrected chi connectivity index (χ1v) is 13.4. The number of thiazole rings is 1. The topological polar surface area (TPSA) is 169 Å². The molecule has 0 bridgehead atoms. The summed E-state index contributed by atoms with van der Waals surface area (Å²) in [7, 11) is -9.30. The van der Waals surface area contributed by atoms with E-state index < -0.39 is 47.0 Å². The Labute approximate surface area is 203 Å². The van der Waals surface area contributed by atoms with E-state index in [1.54, 1.807) is 6.07 Å². The van der Waals surface area contributed by atoms with Gasteiger partial charge in [0, 0.05) is 5.56 Å². The van der Waals surface area contributed by atoms with Gasteiger partial charge >= 0.3 is 6.18 Å². The fourth-order valence-electron chi connectivity index (χ4n) is 2.73. The van der Waals surface area contributed by atoms with Gasteiger partial charge in [-0.15, -0.1) is 11.3 Å². The maximum atomic E-state index is 13.1. The van der Waals surface area contributed by atoms with Crippen molar-refractivity contribution in [3.05, 3.63) is 64.8 Å². The second-order valence-electron chi connectivity index (χ2n) is 7.11. The Morgan fingerprint density at radius 1 is 1.20 bits per heavy atom. The molecule has 3 aromatic rings. The molecule has 0 aliphatic rings. The molecule has 0 aliphatic heterocycles. The normalized spacial score (nSPS) is 13.4. The van der Waals surface area contributed by atoms with E-state index in [4.69, 9.17) is 5.26 Å². The Morgan fingerprint density at radius 2 is 1.89 bits per heavy atom. The van der Waals surface area contributed by atoms with E-state index in [-0.39, 0.29) is 10.4 Å². The summed E-state index contributed by atoms with van der Waals surface area (Å²) < 4.78 is 82.7. The van der Waals surface area contributed by atoms with Gasteiger partial charge in [0.25, 0.3) is 10.0 Å². The number of hydrogen-bond donors (Lipinski definition) is 2. The van der Waals surface area contributed by atoms with Crippen molar-refractivity contribution in [2.75, 3.05) is 6.29 Å². The highest BCUT2D eigenvalue weighted by atomic mass is 32.2. The Hall–Kier alpha value is -2.79. The number of nitriles is 1. The first-order chi connectivity index (χ1) is 15.7. The molecule has 0 saturated carbocycles. The molecule has 0 radical (unpaired) electrons. The van der Waals surface area contributed by atoms with Gasteiger partial charge in [0.2, 0.25) is 0 Å². The zero-order chi connectivity index (χ0) is 25.3. The summed E-state index contributed by atoms with van der Waals surface area (Å²) in [6.07, 6.45) is -5.06. The lowest BCUT2D eigenvalue weighted by Crippen LogP contribution is -2.28. The van der Waals surface area contributed by atoms with E-state index in [0.29, 0.717) is 16.6 Å². The van der Waals surface area contributed by atoms with Crippen LogP contribution in [0, 0.1) is 25.2 Å². The fraction of sp³-hybridized carbons (Fsp3) is 0.200. The first kappa shape index (κ1) is 28.4. The van der Waals surface area contributed by atoms with Gasteiger partial charge in [-0.3, -0.25) is 4.57 Å². The third-order valence-electron chi connectivity index (χ3n) is 4.61. The molecule has 0 fully saturated rings. The molecular weight excluding hydrogens is 528 g/mol. The molecule has 0 amide bonds. The minimum atomic E-state index is -5.00. The first-order valence-electron chi connectivity index (χ1n) is 9.36. The average Bonchev–Trinajstić information content (AvgIpc) is 3.25. The van der Waals surface area contributed by atoms with Crippen LogP contribution < -0.4 is 20.3 Å². The molecule has 0 spiro atoms. The predicted molar refractivity (Wildman–Crippen MR) is 123 cm³/mol. The van der Waals surface area contributed by atoms with Crippen LogP contribution in [-0.2, 0) is 20.8 Å². The monoisotopic (exact) mass is 548 g/mol. The van der Waals surface area contributed by atoms with Crippen LogP contribution in [0.25, 0.3) is 10.6 Å². The minimum absolute atomic E-state index is 0. The van der Waals surface area contributed by atoms with E-state index in [1.165, 1.54) is 6.07 Å². The largest absolute Gasteiger partial charge is 0.768 e. The molecule has 15 heteroatoms. The molecule has 9 nitrogen and oxygen atoms in total. The van der Waals surface area contributed by atoms with E-state index in [1.807, 2.05) is 30.7 Å². The number of halogens is 3. The maximum absolute atomic E-state index is 13.1. The maximum Gasteiger partial charge on any atom is 0.417 e. The van der Waals surface area contributed by atoms with Gasteiger partial charge in [-0.1, -0.05) is 12.1 Å². The van der Waals surface area contributed by atoms with Crippen LogP contribution in [0.2, 0.25) is 0 Å². The lowest BCUT2D eigenvalue weighted by Gasteiger charge is -2.24. The lowest BCUT2D eigenvalue weighted by atomic mass is 10.1. The number of aryl methyl sites for hydroxylation is 2. The van der Waals surface area contributed by atoms with Crippen molar-refractivity contribution < 1.29 is 35.6 Å². The summed E-state index contributed by atoms with van der Waals surface area (Å²) >= 11 is 0.821. The van der Waals surface area contributed by atoms with Gasteiger partial charge in [-0.2, -0.15) is 18.4 Å². The Morgan fingerprint density at radius 3 is 2.49 bits per heavy atom. The van der Waals surface area contributed by atoms with Gasteiger partial charge in [0.15, 0.2) is 11.8 Å². The zero-order valence-corrected chi connectivity index (χ0v) is 21.1. The highest BCUT2D eigenvalue weighted by Crippen LogP contribution is 2.41. The third-order valence-corrected chi connectivity index (χ3v) is 8.77. The highest BCUT2D eigenvalue weighted by Gasteiger charge is 2.34. The molecule has 5 N–H and O–H groups in total. The van der Waals surface area contributed by atoms with E-state index in [2.05, 4.69) is 9.51 Å². The molecular formula is C20H20F3N4O5PS2. The fourth-order valence-corrected chi connectivity index (χ4v) is 6.38. The number of quaternary nitrogens is 1. The van der Waals surface area contributed by atoms with Crippen molar-refractivity contribution in [3.8, 4) is 22.4 Å². The van der Waals surface area contributed by atoms with Crippen LogP contribution >= 0.6 is 18.9 Å². The van der Waals surface area contributed by atoms with Crippen LogP contribution in [0.15, 0.2) is 46.8 Å². The smallest absolute Gasteiger partial charge is 0.417 e. The summed E-state index contributed by atoms with van der Waals surface area (Å²) in [5.41, 5.74) is 0.623. The number of nitrogens with zero attached hydrogens (tertiary/aromatic N) is 2. The predicted octanol–water partition coefficient (Wildman–Crippen LogP) is 4.56. The molecule has 0 aliphatic carbocycles. The van der Waals surface area contributed by atoms with Gasteiger partial charge in [0.1, 0.15) is 10.8 Å². The number of sulfonamides is 1. The van der Waals surface area contributed by atoms with Crippen molar-refractivity contribution in [2.24, 2.45) is 0 Å². The van der Waals surface area contributed by atoms with Crippen LogP contribution in [0.5, 0.6) is 5.75 Å². The third kappa shape index (κ3) is 6.88. The summed E-state index contributed by atoms with van der Waals surface area (Å²) in [6, 6.07) is 8.81. The molecule has 1 aromatic heterocycles. The Kier molecular flexibility index (Phi) is 8.49. The lowest BCUT2D eigenvalue weighted by molar-refractivity contribution is -0.191. The van der Waals surface area contributed by atoms with Crippen molar-refractivity contribution in [3.63, 3.8) is 0 Å². The number of aromatic nitrogens is 1. The van der Waals surface area contributed by atoms with Gasteiger partial charge in [-0.05, 0) is 49.2 Å². The number of alkyl halides is 3. The highest BCUT2D eigenvalue weighted by molar-refractivity contribution is 7.91. The van der Waals surface area contributed by atoms with E-state index >= 15 is 0 Å². The average molecular weight is 549 g/mol. The molecule has 1 heterocycles. The van der Waals surface area contributed by atoms with E-state index in [9.17, 15) is 31.0 Å². The standard InChI is InChI=1S/C20H17F3N3O5PS2.H3N/c1-12-3-4-14(7-13(12)2)19-25-10-18(33-19)34(29,30)26-11-32(27,28)31-16-6-5-15(9-24)17(8-16)20(21,22)23;/h3-8,10,26H,11H2,1-2H3,(H,27,28);1H3. The summed E-state index contributed by atoms with van der Waals surface area (Å²) in [5, 5.41) is 9.20. The summed E-state index contributed by atoms with van der Waals surface area (Å²) in [6.45, 7) is 3.81. The van der Waals surface area contributed by atoms with Crippen LogP contribution in [-0.4, -0.2) is 19.7 Å². The Bertz CT molecular complexity index is 1440. The van der Waals surface area contributed by atoms with Gasteiger partial charge < -0.3 is 15.6 Å². The number of rotatable bonds is 7. The molecule has 0 saturated heterocycles. The molecule has 2 aromatic carbocycles. The quantitative estimate of drug-likeness (QED) is 0.408.